The van der Waals surface area contributed by atoms with Gasteiger partial charge in [-0.3, -0.25) is 14.8 Å². The molecular formula is C34H54N4O. The van der Waals surface area contributed by atoms with Crippen LogP contribution in [0.5, 0.6) is 0 Å². The molecule has 0 amide bonds. The molecule has 0 aromatic heterocycles. The lowest BCUT2D eigenvalue weighted by Crippen LogP contribution is -2.52. The Morgan fingerprint density at radius 3 is 2.23 bits per heavy atom. The second kappa shape index (κ2) is 11.6. The van der Waals surface area contributed by atoms with Crippen LogP contribution in [0.3, 0.4) is 0 Å². The fraction of sp³-hybridized carbons (Fsp3) is 0.912. The first-order valence-electron chi connectivity index (χ1n) is 17.4. The molecule has 6 fully saturated rings. The maximum atomic E-state index is 13.6. The highest BCUT2D eigenvalue weighted by molar-refractivity contribution is 6.07. The smallest absolute Gasteiger partial charge is 0.141 e. The first-order chi connectivity index (χ1) is 19.2. The highest BCUT2D eigenvalue weighted by Gasteiger charge is 2.54. The molecule has 0 bridgehead atoms. The summed E-state index contributed by atoms with van der Waals surface area (Å²) in [5, 5.41) is 8.33. The lowest BCUT2D eigenvalue weighted by atomic mass is 9.52. The van der Waals surface area contributed by atoms with E-state index < -0.39 is 0 Å². The van der Waals surface area contributed by atoms with E-state index >= 15 is 0 Å². The van der Waals surface area contributed by atoms with Crippen LogP contribution in [0.2, 0.25) is 0 Å². The number of ketones is 1. The molecule has 7 aliphatic rings. The largest absolute Gasteiger partial charge is 0.326 e. The Bertz CT molecular complexity index is 947. The second-order valence-electron chi connectivity index (χ2n) is 14.8. The van der Waals surface area contributed by atoms with Crippen molar-refractivity contribution >= 4 is 17.2 Å². The van der Waals surface area contributed by atoms with E-state index in [2.05, 4.69) is 5.01 Å². The Morgan fingerprint density at radius 2 is 1.44 bits per heavy atom. The van der Waals surface area contributed by atoms with Gasteiger partial charge in [0.1, 0.15) is 5.78 Å². The van der Waals surface area contributed by atoms with Gasteiger partial charge in [-0.2, -0.15) is 5.10 Å². The van der Waals surface area contributed by atoms with Crippen molar-refractivity contribution in [1.82, 2.24) is 5.01 Å². The molecule has 5 heteroatoms. The molecule has 0 aromatic rings. The molecule has 8 unspecified atom stereocenters. The maximum absolute atomic E-state index is 13.6. The number of hydrogen-bond donors (Lipinski definition) is 1. The van der Waals surface area contributed by atoms with Gasteiger partial charge in [-0.25, -0.2) is 0 Å². The highest BCUT2D eigenvalue weighted by Crippen LogP contribution is 2.54. The van der Waals surface area contributed by atoms with Crippen molar-refractivity contribution in [3.63, 3.8) is 0 Å². The number of nitrogens with two attached hydrogens (primary N) is 1. The van der Waals surface area contributed by atoms with Crippen LogP contribution >= 0.6 is 0 Å². The third kappa shape index (κ3) is 5.17. The van der Waals surface area contributed by atoms with Crippen molar-refractivity contribution in [3.8, 4) is 0 Å². The lowest BCUT2D eigenvalue weighted by Gasteiger charge is -2.52. The number of nitrogens with zero attached hydrogens (tertiary/aromatic N) is 3. The summed E-state index contributed by atoms with van der Waals surface area (Å²) in [6.45, 7) is 0. The molecule has 6 aliphatic carbocycles. The molecule has 2 N–H and O–H groups in total. The summed E-state index contributed by atoms with van der Waals surface area (Å²) in [4.78, 5) is 18.9. The van der Waals surface area contributed by atoms with Crippen molar-refractivity contribution < 1.29 is 4.79 Å². The van der Waals surface area contributed by atoms with Crippen LogP contribution in [0.25, 0.3) is 0 Å². The Balaban J connectivity index is 1.15. The van der Waals surface area contributed by atoms with Gasteiger partial charge in [0, 0.05) is 54.1 Å². The molecule has 39 heavy (non-hydrogen) atoms. The van der Waals surface area contributed by atoms with Gasteiger partial charge in [-0.15, -0.1) is 0 Å². The summed E-state index contributed by atoms with van der Waals surface area (Å²) in [6.07, 6.45) is 26.6. The van der Waals surface area contributed by atoms with E-state index in [0.29, 0.717) is 48.0 Å². The summed E-state index contributed by atoms with van der Waals surface area (Å²) >= 11 is 0. The van der Waals surface area contributed by atoms with Crippen LogP contribution in [-0.2, 0) is 4.79 Å². The van der Waals surface area contributed by atoms with Gasteiger partial charge in [0.15, 0.2) is 0 Å². The predicted molar refractivity (Wildman–Crippen MR) is 159 cm³/mol. The summed E-state index contributed by atoms with van der Waals surface area (Å²) in [5.74, 6) is 3.88. The molecular weight excluding hydrogens is 480 g/mol. The molecule has 0 saturated heterocycles. The lowest BCUT2D eigenvalue weighted by molar-refractivity contribution is -0.129. The first-order valence-corrected chi connectivity index (χ1v) is 17.4. The zero-order valence-corrected chi connectivity index (χ0v) is 24.4. The number of hydrogen-bond acceptors (Lipinski definition) is 5. The van der Waals surface area contributed by atoms with Crippen molar-refractivity contribution in [2.24, 2.45) is 51.3 Å². The van der Waals surface area contributed by atoms with E-state index in [4.69, 9.17) is 15.8 Å². The third-order valence-electron chi connectivity index (χ3n) is 12.7. The van der Waals surface area contributed by atoms with Crippen LogP contribution in [0, 0.1) is 35.5 Å². The zero-order chi connectivity index (χ0) is 26.3. The summed E-state index contributed by atoms with van der Waals surface area (Å²) in [7, 11) is 0. The van der Waals surface area contributed by atoms with Gasteiger partial charge in [0.05, 0.1) is 12.1 Å². The van der Waals surface area contributed by atoms with Gasteiger partial charge in [-0.1, -0.05) is 57.8 Å². The standard InChI is InChI=1S/C34H54N4O/c35-28-16-7-8-17-29(28)36-30-21-33(39)27-19-18-24(25-14-9-15-26(30)34(25)27)31-20-32(22-10-3-1-4-11-22)38(37-31)23-12-5-2-6-13-23/h22-29,32,34H,1-21,35H2. The molecule has 0 aromatic carbocycles. The minimum atomic E-state index is 0.188. The Hall–Kier alpha value is -1.23. The topological polar surface area (TPSA) is 71.0 Å². The Morgan fingerprint density at radius 1 is 0.718 bits per heavy atom. The molecule has 0 radical (unpaired) electrons. The molecule has 8 atom stereocenters. The first kappa shape index (κ1) is 26.7. The Kier molecular flexibility index (Phi) is 7.91. The summed E-state index contributed by atoms with van der Waals surface area (Å²) < 4.78 is 0. The quantitative estimate of drug-likeness (QED) is 0.419. The van der Waals surface area contributed by atoms with Gasteiger partial charge in [-0.05, 0) is 82.0 Å². The van der Waals surface area contributed by atoms with Gasteiger partial charge < -0.3 is 5.73 Å². The average Bonchev–Trinajstić information content (AvgIpc) is 3.43. The van der Waals surface area contributed by atoms with E-state index in [1.807, 2.05) is 0 Å². The third-order valence-corrected chi connectivity index (χ3v) is 12.7. The molecule has 1 aliphatic heterocycles. The number of Topliss-reactive ketones (excluding diaryl/α,β-unsaturated/α-hetero) is 1. The van der Waals surface area contributed by atoms with Crippen LogP contribution in [-0.4, -0.2) is 46.4 Å². The van der Waals surface area contributed by atoms with Crippen LogP contribution in [0.1, 0.15) is 135 Å². The fourth-order valence-electron chi connectivity index (χ4n) is 10.7. The minimum Gasteiger partial charge on any atom is -0.326 e. The van der Waals surface area contributed by atoms with Crippen LogP contribution < -0.4 is 5.73 Å². The predicted octanol–water partition coefficient (Wildman–Crippen LogP) is 7.07. The number of rotatable bonds is 4. The molecule has 6 saturated carbocycles. The van der Waals surface area contributed by atoms with Crippen LogP contribution in [0.4, 0.5) is 0 Å². The second-order valence-corrected chi connectivity index (χ2v) is 14.8. The molecule has 216 valence electrons. The van der Waals surface area contributed by atoms with E-state index in [9.17, 15) is 4.79 Å². The normalized spacial score (nSPS) is 43.4. The summed E-state index contributed by atoms with van der Waals surface area (Å²) in [5.41, 5.74) is 9.34. The van der Waals surface area contributed by atoms with E-state index in [1.165, 1.54) is 115 Å². The van der Waals surface area contributed by atoms with Crippen LogP contribution in [0.15, 0.2) is 10.1 Å². The molecule has 0 spiro atoms. The van der Waals surface area contributed by atoms with Gasteiger partial charge in [0.2, 0.25) is 0 Å². The fourth-order valence-corrected chi connectivity index (χ4v) is 10.7. The van der Waals surface area contributed by atoms with E-state index in [1.54, 1.807) is 5.71 Å². The zero-order valence-electron chi connectivity index (χ0n) is 24.4. The minimum absolute atomic E-state index is 0.188. The summed E-state index contributed by atoms with van der Waals surface area (Å²) in [6, 6.07) is 1.76. The number of aliphatic imine (C=N–C) groups is 1. The molecule has 5 nitrogen and oxygen atoms in total. The van der Waals surface area contributed by atoms with Crippen molar-refractivity contribution in [2.75, 3.05) is 0 Å². The number of carbonyl (C=O) groups excluding carboxylic acids is 1. The van der Waals surface area contributed by atoms with Crippen molar-refractivity contribution in [1.29, 1.82) is 0 Å². The van der Waals surface area contributed by atoms with Crippen molar-refractivity contribution in [2.45, 2.75) is 159 Å². The van der Waals surface area contributed by atoms with E-state index in [-0.39, 0.29) is 18.0 Å². The average molecular weight is 535 g/mol. The van der Waals surface area contributed by atoms with Crippen molar-refractivity contribution in [3.05, 3.63) is 0 Å². The number of carbonyl (C=O) groups is 1. The van der Waals surface area contributed by atoms with Gasteiger partial charge in [0.25, 0.3) is 0 Å². The Labute approximate surface area is 237 Å². The van der Waals surface area contributed by atoms with E-state index in [0.717, 1.165) is 25.2 Å². The number of hydrazone groups is 1. The SMILES string of the molecule is NC1CCCCC1N=C1CC(=O)C2CCC(C3=NN(C4CCCCC4)C(C4CCCCC4)C3)C3CCCC1C23. The highest BCUT2D eigenvalue weighted by atomic mass is 16.1. The monoisotopic (exact) mass is 534 g/mol. The van der Waals surface area contributed by atoms with Gasteiger partial charge >= 0.3 is 0 Å². The molecule has 7 rings (SSSR count). The maximum Gasteiger partial charge on any atom is 0.141 e. The molecule has 1 heterocycles.